The van der Waals surface area contributed by atoms with E-state index >= 15 is 0 Å². The van der Waals surface area contributed by atoms with Gasteiger partial charge in [-0.2, -0.15) is 12.6 Å². The lowest BCUT2D eigenvalue weighted by molar-refractivity contribution is -0.145. The Labute approximate surface area is 78.4 Å². The lowest BCUT2D eigenvalue weighted by Crippen LogP contribution is -2.32. The minimum Gasteiger partial charge on any atom is -0.464 e. The van der Waals surface area contributed by atoms with Crippen LogP contribution in [0, 0.1) is 0 Å². The zero-order valence-corrected chi connectivity index (χ0v) is 7.93. The first-order valence-corrected chi connectivity index (χ1v) is 4.49. The van der Waals surface area contributed by atoms with E-state index in [1.54, 1.807) is 6.08 Å². The van der Waals surface area contributed by atoms with Gasteiger partial charge in [-0.1, -0.05) is 6.08 Å². The van der Waals surface area contributed by atoms with Crippen molar-refractivity contribution in [2.75, 3.05) is 12.4 Å². The molecule has 0 aromatic rings. The van der Waals surface area contributed by atoms with Crippen LogP contribution in [-0.4, -0.2) is 24.4 Å². The molecule has 0 heterocycles. The maximum atomic E-state index is 11.0. The SMILES string of the molecule is C=CCCOC(=O)[C@@H](N)CCS. The monoisotopic (exact) mass is 189 g/mol. The molecule has 0 radical (unpaired) electrons. The number of hydrogen-bond donors (Lipinski definition) is 2. The number of ether oxygens (including phenoxy) is 1. The number of carbonyl (C=O) groups excluding carboxylic acids is 1. The summed E-state index contributed by atoms with van der Waals surface area (Å²) in [6.45, 7) is 3.87. The molecular formula is C8H15NO2S. The summed E-state index contributed by atoms with van der Waals surface area (Å²) in [6.07, 6.45) is 2.91. The van der Waals surface area contributed by atoms with Crippen LogP contribution < -0.4 is 5.73 Å². The van der Waals surface area contributed by atoms with Gasteiger partial charge in [-0.3, -0.25) is 4.79 Å². The van der Waals surface area contributed by atoms with Crippen LogP contribution in [0.5, 0.6) is 0 Å². The highest BCUT2D eigenvalue weighted by atomic mass is 32.1. The fourth-order valence-corrected chi connectivity index (χ4v) is 0.885. The first-order valence-electron chi connectivity index (χ1n) is 3.86. The highest BCUT2D eigenvalue weighted by molar-refractivity contribution is 7.80. The minimum absolute atomic E-state index is 0.356. The summed E-state index contributed by atoms with van der Waals surface area (Å²) in [4.78, 5) is 11.0. The average molecular weight is 189 g/mol. The second-order valence-electron chi connectivity index (χ2n) is 2.36. The Bertz CT molecular complexity index is 150. The van der Waals surface area contributed by atoms with E-state index in [0.717, 1.165) is 0 Å². The standard InChI is InChI=1S/C8H15NO2S/c1-2-3-5-11-8(10)7(9)4-6-12/h2,7,12H,1,3-6,9H2/t7-/m0/s1. The van der Waals surface area contributed by atoms with Crippen molar-refractivity contribution in [3.8, 4) is 0 Å². The number of nitrogens with two attached hydrogens (primary N) is 1. The second kappa shape index (κ2) is 7.18. The normalized spacial score (nSPS) is 12.2. The van der Waals surface area contributed by atoms with E-state index < -0.39 is 6.04 Å². The highest BCUT2D eigenvalue weighted by Gasteiger charge is 2.12. The predicted molar refractivity (Wildman–Crippen MR) is 52.2 cm³/mol. The van der Waals surface area contributed by atoms with Gasteiger partial charge in [-0.05, 0) is 18.6 Å². The van der Waals surface area contributed by atoms with Crippen molar-refractivity contribution in [2.45, 2.75) is 18.9 Å². The molecule has 12 heavy (non-hydrogen) atoms. The third kappa shape index (κ3) is 5.21. The molecule has 0 fully saturated rings. The second-order valence-corrected chi connectivity index (χ2v) is 2.81. The Morgan fingerprint density at radius 1 is 1.75 bits per heavy atom. The molecule has 0 bridgehead atoms. The molecule has 4 heteroatoms. The van der Waals surface area contributed by atoms with Gasteiger partial charge in [0.15, 0.2) is 0 Å². The van der Waals surface area contributed by atoms with E-state index in [2.05, 4.69) is 19.2 Å². The lowest BCUT2D eigenvalue weighted by atomic mass is 10.2. The van der Waals surface area contributed by atoms with Crippen molar-refractivity contribution in [1.82, 2.24) is 0 Å². The molecular weight excluding hydrogens is 174 g/mol. The first-order chi connectivity index (χ1) is 5.72. The number of rotatable bonds is 6. The molecule has 0 saturated heterocycles. The van der Waals surface area contributed by atoms with E-state index in [1.807, 2.05) is 0 Å². The summed E-state index contributed by atoms with van der Waals surface area (Å²) in [5, 5.41) is 0. The molecule has 70 valence electrons. The predicted octanol–water partition coefficient (Wildman–Crippen LogP) is 0.753. The van der Waals surface area contributed by atoms with Gasteiger partial charge < -0.3 is 10.5 Å². The van der Waals surface area contributed by atoms with Crippen LogP contribution in [0.25, 0.3) is 0 Å². The Morgan fingerprint density at radius 3 is 2.92 bits per heavy atom. The van der Waals surface area contributed by atoms with Crippen LogP contribution in [-0.2, 0) is 9.53 Å². The number of carbonyl (C=O) groups is 1. The van der Waals surface area contributed by atoms with Crippen LogP contribution in [0.15, 0.2) is 12.7 Å². The quantitative estimate of drug-likeness (QED) is 0.280. The smallest absolute Gasteiger partial charge is 0.322 e. The van der Waals surface area contributed by atoms with Crippen LogP contribution in [0.2, 0.25) is 0 Å². The molecule has 0 rings (SSSR count). The van der Waals surface area contributed by atoms with Crippen molar-refractivity contribution in [1.29, 1.82) is 0 Å². The van der Waals surface area contributed by atoms with E-state index in [4.69, 9.17) is 10.5 Å². The lowest BCUT2D eigenvalue weighted by Gasteiger charge is -2.08. The van der Waals surface area contributed by atoms with Crippen molar-refractivity contribution in [3.05, 3.63) is 12.7 Å². The molecule has 0 aromatic carbocycles. The topological polar surface area (TPSA) is 52.3 Å². The summed E-state index contributed by atoms with van der Waals surface area (Å²) in [5.41, 5.74) is 5.46. The van der Waals surface area contributed by atoms with Gasteiger partial charge in [-0.15, -0.1) is 6.58 Å². The Morgan fingerprint density at radius 2 is 2.42 bits per heavy atom. The Hall–Kier alpha value is -0.480. The van der Waals surface area contributed by atoms with E-state index in [-0.39, 0.29) is 5.97 Å². The van der Waals surface area contributed by atoms with Crippen molar-refractivity contribution >= 4 is 18.6 Å². The fraction of sp³-hybridized carbons (Fsp3) is 0.625. The molecule has 0 saturated carbocycles. The van der Waals surface area contributed by atoms with Crippen LogP contribution >= 0.6 is 12.6 Å². The van der Waals surface area contributed by atoms with Gasteiger partial charge in [-0.25, -0.2) is 0 Å². The molecule has 0 aromatic heterocycles. The summed E-state index contributed by atoms with van der Waals surface area (Å²) in [7, 11) is 0. The van der Waals surface area contributed by atoms with Gasteiger partial charge in [0.05, 0.1) is 6.61 Å². The van der Waals surface area contributed by atoms with Crippen molar-refractivity contribution in [2.24, 2.45) is 5.73 Å². The zero-order valence-electron chi connectivity index (χ0n) is 7.03. The number of hydrogen-bond acceptors (Lipinski definition) is 4. The van der Waals surface area contributed by atoms with Gasteiger partial charge in [0, 0.05) is 0 Å². The van der Waals surface area contributed by atoms with Gasteiger partial charge in [0.2, 0.25) is 0 Å². The van der Waals surface area contributed by atoms with Crippen molar-refractivity contribution < 1.29 is 9.53 Å². The molecule has 3 nitrogen and oxygen atoms in total. The summed E-state index contributed by atoms with van der Waals surface area (Å²) in [6, 6.07) is -0.535. The van der Waals surface area contributed by atoms with Gasteiger partial charge in [0.25, 0.3) is 0 Å². The third-order valence-electron chi connectivity index (χ3n) is 1.31. The Balaban J connectivity index is 3.49. The number of esters is 1. The highest BCUT2D eigenvalue weighted by Crippen LogP contribution is 1.95. The third-order valence-corrected chi connectivity index (χ3v) is 1.57. The van der Waals surface area contributed by atoms with E-state index in [9.17, 15) is 4.79 Å². The first kappa shape index (κ1) is 11.5. The van der Waals surface area contributed by atoms with Crippen molar-refractivity contribution in [3.63, 3.8) is 0 Å². The summed E-state index contributed by atoms with van der Waals surface area (Å²) < 4.78 is 4.83. The largest absolute Gasteiger partial charge is 0.464 e. The number of thiol groups is 1. The van der Waals surface area contributed by atoms with E-state index in [0.29, 0.717) is 25.2 Å². The van der Waals surface area contributed by atoms with Gasteiger partial charge >= 0.3 is 5.97 Å². The van der Waals surface area contributed by atoms with Crippen LogP contribution in [0.1, 0.15) is 12.8 Å². The van der Waals surface area contributed by atoms with Gasteiger partial charge in [0.1, 0.15) is 6.04 Å². The van der Waals surface area contributed by atoms with Crippen LogP contribution in [0.4, 0.5) is 0 Å². The summed E-state index contributed by atoms with van der Waals surface area (Å²) >= 11 is 3.96. The van der Waals surface area contributed by atoms with E-state index in [1.165, 1.54) is 0 Å². The molecule has 0 spiro atoms. The minimum atomic E-state index is -0.535. The molecule has 0 aliphatic rings. The average Bonchev–Trinajstić information content (AvgIpc) is 2.05. The van der Waals surface area contributed by atoms with Crippen LogP contribution in [0.3, 0.4) is 0 Å². The zero-order chi connectivity index (χ0) is 9.40. The molecule has 0 aliphatic carbocycles. The Kier molecular flexibility index (Phi) is 6.90. The molecule has 0 aliphatic heterocycles. The molecule has 1 atom stereocenters. The molecule has 0 unspecified atom stereocenters. The maximum Gasteiger partial charge on any atom is 0.322 e. The fourth-order valence-electron chi connectivity index (χ4n) is 0.607. The maximum absolute atomic E-state index is 11.0. The molecule has 0 amide bonds. The summed E-state index contributed by atoms with van der Waals surface area (Å²) in [5.74, 6) is 0.239. The molecule has 2 N–H and O–H groups in total.